The van der Waals surface area contributed by atoms with Gasteiger partial charge < -0.3 is 10.1 Å². The van der Waals surface area contributed by atoms with Crippen molar-refractivity contribution in [3.05, 3.63) is 28.2 Å². The molecule has 0 spiro atoms. The predicted molar refractivity (Wildman–Crippen MR) is 66.5 cm³/mol. The highest BCUT2D eigenvalue weighted by atomic mass is 79.9. The third-order valence-electron chi connectivity index (χ3n) is 2.69. The lowest BCUT2D eigenvalue weighted by Crippen LogP contribution is -2.31. The number of esters is 1. The van der Waals surface area contributed by atoms with E-state index in [-0.39, 0.29) is 11.9 Å². The Balaban J connectivity index is 2.13. The lowest BCUT2D eigenvalue weighted by Gasteiger charge is -2.24. The minimum absolute atomic E-state index is 0.0678. The van der Waals surface area contributed by atoms with Crippen molar-refractivity contribution in [2.24, 2.45) is 5.92 Å². The summed E-state index contributed by atoms with van der Waals surface area (Å²) < 4.78 is 6.08. The molecule has 0 aliphatic carbocycles. The lowest BCUT2D eigenvalue weighted by atomic mass is 9.94. The van der Waals surface area contributed by atoms with Crippen LogP contribution in [0.5, 0.6) is 0 Å². The summed E-state index contributed by atoms with van der Waals surface area (Å²) in [4.78, 5) is 11.6. The molecule has 3 nitrogen and oxygen atoms in total. The highest BCUT2D eigenvalue weighted by Crippen LogP contribution is 2.28. The van der Waals surface area contributed by atoms with Crippen molar-refractivity contribution in [2.45, 2.75) is 13.3 Å². The highest BCUT2D eigenvalue weighted by Gasteiger charge is 2.25. The van der Waals surface area contributed by atoms with Crippen molar-refractivity contribution in [3.63, 3.8) is 0 Å². The molecular weight excluding hydrogens is 270 g/mol. The van der Waals surface area contributed by atoms with E-state index < -0.39 is 0 Å². The van der Waals surface area contributed by atoms with Gasteiger partial charge in [-0.05, 0) is 37.1 Å². The van der Waals surface area contributed by atoms with Crippen LogP contribution in [0, 0.1) is 5.92 Å². The molecule has 4 heteroatoms. The molecule has 0 radical (unpaired) electrons. The molecule has 1 N–H and O–H groups in total. The van der Waals surface area contributed by atoms with E-state index in [1.54, 1.807) is 0 Å². The topological polar surface area (TPSA) is 38.3 Å². The number of halogens is 1. The van der Waals surface area contributed by atoms with Gasteiger partial charge in [0.1, 0.15) is 0 Å². The number of fused-ring (bicyclic) bond motifs is 1. The average Bonchev–Trinajstić information content (AvgIpc) is 2.28. The number of benzene rings is 1. The molecular formula is C12H14BrNO2. The summed E-state index contributed by atoms with van der Waals surface area (Å²) in [5.41, 5.74) is 2.28. The molecule has 1 aromatic rings. The van der Waals surface area contributed by atoms with E-state index in [1.807, 2.05) is 25.1 Å². The second kappa shape index (κ2) is 4.87. The number of anilines is 1. The summed E-state index contributed by atoms with van der Waals surface area (Å²) in [5.74, 6) is -0.178. The van der Waals surface area contributed by atoms with Crippen molar-refractivity contribution in [1.29, 1.82) is 0 Å². The fraction of sp³-hybridized carbons (Fsp3) is 0.417. The van der Waals surface area contributed by atoms with E-state index >= 15 is 0 Å². The number of hydrogen-bond acceptors (Lipinski definition) is 3. The minimum atomic E-state index is -0.111. The summed E-state index contributed by atoms with van der Waals surface area (Å²) >= 11 is 3.43. The molecule has 1 atom stereocenters. The largest absolute Gasteiger partial charge is 0.466 e. The Kier molecular flexibility index (Phi) is 3.49. The van der Waals surface area contributed by atoms with Crippen LogP contribution in [0.4, 0.5) is 5.69 Å². The molecule has 1 aromatic carbocycles. The van der Waals surface area contributed by atoms with Gasteiger partial charge in [0.15, 0.2) is 0 Å². The number of carbonyl (C=O) groups is 1. The zero-order chi connectivity index (χ0) is 11.5. The average molecular weight is 284 g/mol. The van der Waals surface area contributed by atoms with E-state index in [4.69, 9.17) is 4.74 Å². The standard InChI is InChI=1S/C12H14BrNO2/c1-2-16-12(15)9-5-8-6-10(13)3-4-11(8)14-7-9/h3-4,6,9,14H,2,5,7H2,1H3. The normalized spacial score (nSPS) is 18.5. The first-order chi connectivity index (χ1) is 7.70. The van der Waals surface area contributed by atoms with Crippen LogP contribution < -0.4 is 5.32 Å². The maximum atomic E-state index is 11.6. The van der Waals surface area contributed by atoms with Crippen LogP contribution >= 0.6 is 15.9 Å². The van der Waals surface area contributed by atoms with Gasteiger partial charge in [-0.15, -0.1) is 0 Å². The van der Waals surface area contributed by atoms with Gasteiger partial charge in [0.25, 0.3) is 0 Å². The van der Waals surface area contributed by atoms with E-state index in [0.29, 0.717) is 13.2 Å². The molecule has 0 saturated carbocycles. The second-order valence-electron chi connectivity index (χ2n) is 3.84. The van der Waals surface area contributed by atoms with Crippen molar-refractivity contribution in [1.82, 2.24) is 0 Å². The zero-order valence-electron chi connectivity index (χ0n) is 9.13. The number of nitrogens with one attached hydrogen (secondary N) is 1. The summed E-state index contributed by atoms with van der Waals surface area (Å²) in [7, 11) is 0. The third kappa shape index (κ3) is 2.38. The number of carbonyl (C=O) groups excluding carboxylic acids is 1. The quantitative estimate of drug-likeness (QED) is 0.848. The van der Waals surface area contributed by atoms with Gasteiger partial charge in [-0.1, -0.05) is 15.9 Å². The maximum absolute atomic E-state index is 11.6. The van der Waals surface area contributed by atoms with Crippen LogP contribution in [0.25, 0.3) is 0 Å². The maximum Gasteiger partial charge on any atom is 0.311 e. The fourth-order valence-electron chi connectivity index (χ4n) is 1.90. The first-order valence-corrected chi connectivity index (χ1v) is 6.19. The van der Waals surface area contributed by atoms with Crippen molar-refractivity contribution in [2.75, 3.05) is 18.5 Å². The van der Waals surface area contributed by atoms with Gasteiger partial charge in [0.05, 0.1) is 12.5 Å². The fourth-order valence-corrected chi connectivity index (χ4v) is 2.31. The number of rotatable bonds is 2. The summed E-state index contributed by atoms with van der Waals surface area (Å²) in [6.45, 7) is 2.94. The van der Waals surface area contributed by atoms with Gasteiger partial charge >= 0.3 is 5.97 Å². The molecule has 1 aliphatic heterocycles. The molecule has 86 valence electrons. The van der Waals surface area contributed by atoms with Gasteiger partial charge in [-0.3, -0.25) is 4.79 Å². The van der Waals surface area contributed by atoms with E-state index in [2.05, 4.69) is 21.2 Å². The minimum Gasteiger partial charge on any atom is -0.466 e. The van der Waals surface area contributed by atoms with Crippen molar-refractivity contribution in [3.8, 4) is 0 Å². The molecule has 1 heterocycles. The first-order valence-electron chi connectivity index (χ1n) is 5.39. The third-order valence-corrected chi connectivity index (χ3v) is 3.19. The smallest absolute Gasteiger partial charge is 0.311 e. The molecule has 2 rings (SSSR count). The Morgan fingerprint density at radius 1 is 1.62 bits per heavy atom. The Morgan fingerprint density at radius 2 is 2.44 bits per heavy atom. The molecule has 16 heavy (non-hydrogen) atoms. The van der Waals surface area contributed by atoms with Gasteiger partial charge in [-0.2, -0.15) is 0 Å². The van der Waals surface area contributed by atoms with Crippen LogP contribution in [-0.2, 0) is 16.0 Å². The summed E-state index contributed by atoms with van der Waals surface area (Å²) in [5, 5.41) is 3.26. The number of hydrogen-bond donors (Lipinski definition) is 1. The van der Waals surface area contributed by atoms with Gasteiger partial charge in [0.2, 0.25) is 0 Å². The van der Waals surface area contributed by atoms with E-state index in [0.717, 1.165) is 16.6 Å². The van der Waals surface area contributed by atoms with Crippen LogP contribution in [0.2, 0.25) is 0 Å². The zero-order valence-corrected chi connectivity index (χ0v) is 10.7. The summed E-state index contributed by atoms with van der Waals surface area (Å²) in [6, 6.07) is 6.07. The van der Waals surface area contributed by atoms with Crippen LogP contribution in [-0.4, -0.2) is 19.1 Å². The van der Waals surface area contributed by atoms with E-state index in [9.17, 15) is 4.79 Å². The molecule has 0 bridgehead atoms. The lowest BCUT2D eigenvalue weighted by molar-refractivity contribution is -0.147. The van der Waals surface area contributed by atoms with Crippen molar-refractivity contribution >= 4 is 27.6 Å². The predicted octanol–water partition coefficient (Wildman–Crippen LogP) is 2.60. The van der Waals surface area contributed by atoms with Gasteiger partial charge in [0, 0.05) is 16.7 Å². The van der Waals surface area contributed by atoms with Crippen LogP contribution in [0.1, 0.15) is 12.5 Å². The molecule has 1 aliphatic rings. The SMILES string of the molecule is CCOC(=O)C1CNc2ccc(Br)cc2C1. The van der Waals surface area contributed by atoms with Crippen molar-refractivity contribution < 1.29 is 9.53 Å². The van der Waals surface area contributed by atoms with Crippen LogP contribution in [0.3, 0.4) is 0 Å². The number of ether oxygens (including phenoxy) is 1. The van der Waals surface area contributed by atoms with Crippen LogP contribution in [0.15, 0.2) is 22.7 Å². The van der Waals surface area contributed by atoms with Gasteiger partial charge in [-0.25, -0.2) is 0 Å². The molecule has 0 fully saturated rings. The Labute approximate surface area is 103 Å². The highest BCUT2D eigenvalue weighted by molar-refractivity contribution is 9.10. The second-order valence-corrected chi connectivity index (χ2v) is 4.75. The molecule has 0 amide bonds. The summed E-state index contributed by atoms with van der Waals surface area (Å²) in [6.07, 6.45) is 0.751. The Morgan fingerprint density at radius 3 is 3.19 bits per heavy atom. The Bertz CT molecular complexity index is 406. The molecule has 1 unspecified atom stereocenters. The molecule has 0 saturated heterocycles. The van der Waals surface area contributed by atoms with E-state index in [1.165, 1.54) is 5.56 Å². The first kappa shape index (κ1) is 11.5. The monoisotopic (exact) mass is 283 g/mol. The molecule has 0 aromatic heterocycles. The Hall–Kier alpha value is -1.03.